The third kappa shape index (κ3) is 5.33. The van der Waals surface area contributed by atoms with Gasteiger partial charge >= 0.3 is 5.97 Å². The number of benzene rings is 2. The molecule has 1 aliphatic heterocycles. The first-order chi connectivity index (χ1) is 14.9. The van der Waals surface area contributed by atoms with E-state index in [1.54, 1.807) is 47.4 Å². The fourth-order valence-corrected chi connectivity index (χ4v) is 3.51. The molecule has 1 fully saturated rings. The second kappa shape index (κ2) is 9.97. The van der Waals surface area contributed by atoms with Crippen LogP contribution in [0, 0.1) is 5.92 Å². The van der Waals surface area contributed by atoms with E-state index in [0.717, 1.165) is 0 Å². The summed E-state index contributed by atoms with van der Waals surface area (Å²) in [4.78, 5) is 38.7. The summed E-state index contributed by atoms with van der Waals surface area (Å²) >= 11 is 0. The van der Waals surface area contributed by atoms with Crippen LogP contribution in [0.4, 0.5) is 5.69 Å². The SMILES string of the molecule is COC(=O)c1ccc(NC(=O)C2CCN(C(=O)c3cc(OC)cc(OC)c3)CC2)cc1. The smallest absolute Gasteiger partial charge is 0.337 e. The predicted molar refractivity (Wildman–Crippen MR) is 115 cm³/mol. The Morgan fingerprint density at radius 2 is 1.45 bits per heavy atom. The number of methoxy groups -OCH3 is 3. The minimum Gasteiger partial charge on any atom is -0.497 e. The summed E-state index contributed by atoms with van der Waals surface area (Å²) < 4.78 is 15.1. The van der Waals surface area contributed by atoms with Crippen molar-refractivity contribution in [3.05, 3.63) is 53.6 Å². The molecule has 0 saturated carbocycles. The second-order valence-corrected chi connectivity index (χ2v) is 7.23. The third-order valence-corrected chi connectivity index (χ3v) is 5.32. The maximum atomic E-state index is 12.9. The van der Waals surface area contributed by atoms with Crippen LogP contribution in [0.5, 0.6) is 11.5 Å². The van der Waals surface area contributed by atoms with Gasteiger partial charge in [-0.3, -0.25) is 9.59 Å². The number of carbonyl (C=O) groups excluding carboxylic acids is 3. The van der Waals surface area contributed by atoms with Crippen LogP contribution in [-0.4, -0.2) is 57.1 Å². The molecule has 2 aromatic rings. The lowest BCUT2D eigenvalue weighted by Gasteiger charge is -2.31. The van der Waals surface area contributed by atoms with E-state index >= 15 is 0 Å². The summed E-state index contributed by atoms with van der Waals surface area (Å²) in [6, 6.07) is 11.6. The number of nitrogens with one attached hydrogen (secondary N) is 1. The van der Waals surface area contributed by atoms with E-state index < -0.39 is 5.97 Å². The zero-order valence-electron chi connectivity index (χ0n) is 17.8. The molecule has 1 aliphatic rings. The Hall–Kier alpha value is -3.55. The number of esters is 1. The van der Waals surface area contributed by atoms with Gasteiger partial charge in [0.1, 0.15) is 11.5 Å². The van der Waals surface area contributed by atoms with E-state index in [9.17, 15) is 14.4 Å². The van der Waals surface area contributed by atoms with Gasteiger partial charge in [-0.05, 0) is 49.2 Å². The number of anilines is 1. The zero-order chi connectivity index (χ0) is 22.4. The molecule has 0 aliphatic carbocycles. The van der Waals surface area contributed by atoms with Crippen LogP contribution < -0.4 is 14.8 Å². The molecule has 8 nitrogen and oxygen atoms in total. The van der Waals surface area contributed by atoms with Crippen molar-refractivity contribution >= 4 is 23.5 Å². The molecule has 0 spiro atoms. The van der Waals surface area contributed by atoms with Gasteiger partial charge in [0.05, 0.1) is 26.9 Å². The highest BCUT2D eigenvalue weighted by Gasteiger charge is 2.28. The van der Waals surface area contributed by atoms with Crippen molar-refractivity contribution in [1.29, 1.82) is 0 Å². The molecule has 0 radical (unpaired) electrons. The maximum Gasteiger partial charge on any atom is 0.337 e. The summed E-state index contributed by atoms with van der Waals surface area (Å²) in [5.41, 5.74) is 1.52. The van der Waals surface area contributed by atoms with Crippen molar-refractivity contribution in [3.8, 4) is 11.5 Å². The molecule has 0 atom stereocenters. The monoisotopic (exact) mass is 426 g/mol. The van der Waals surface area contributed by atoms with Gasteiger partial charge in [0.2, 0.25) is 5.91 Å². The van der Waals surface area contributed by atoms with E-state index in [4.69, 9.17) is 9.47 Å². The summed E-state index contributed by atoms with van der Waals surface area (Å²) in [5, 5.41) is 2.87. The first-order valence-corrected chi connectivity index (χ1v) is 9.96. The number of likely N-dealkylation sites (tertiary alicyclic amines) is 1. The first kappa shape index (κ1) is 22.1. The molecule has 2 aromatic carbocycles. The Labute approximate surface area is 181 Å². The van der Waals surface area contributed by atoms with Crippen LogP contribution in [0.1, 0.15) is 33.6 Å². The van der Waals surface area contributed by atoms with Crippen molar-refractivity contribution in [2.24, 2.45) is 5.92 Å². The Bertz CT molecular complexity index is 927. The molecule has 164 valence electrons. The average molecular weight is 426 g/mol. The predicted octanol–water partition coefficient (Wildman–Crippen LogP) is 2.98. The number of amides is 2. The molecular weight excluding hydrogens is 400 g/mol. The van der Waals surface area contributed by atoms with Crippen LogP contribution in [0.15, 0.2) is 42.5 Å². The lowest BCUT2D eigenvalue weighted by Crippen LogP contribution is -2.41. The van der Waals surface area contributed by atoms with E-state index in [2.05, 4.69) is 10.1 Å². The van der Waals surface area contributed by atoms with Gasteiger partial charge in [-0.25, -0.2) is 4.79 Å². The van der Waals surface area contributed by atoms with Crippen LogP contribution in [0.3, 0.4) is 0 Å². The Morgan fingerprint density at radius 3 is 1.97 bits per heavy atom. The van der Waals surface area contributed by atoms with Gasteiger partial charge in [0.15, 0.2) is 0 Å². The number of hydrogen-bond acceptors (Lipinski definition) is 6. The number of ether oxygens (including phenoxy) is 3. The molecule has 3 rings (SSSR count). The molecule has 1 N–H and O–H groups in total. The lowest BCUT2D eigenvalue weighted by molar-refractivity contribution is -0.121. The van der Waals surface area contributed by atoms with Crippen LogP contribution >= 0.6 is 0 Å². The summed E-state index contributed by atoms with van der Waals surface area (Å²) in [7, 11) is 4.39. The van der Waals surface area contributed by atoms with E-state index in [1.165, 1.54) is 21.3 Å². The Morgan fingerprint density at radius 1 is 0.871 bits per heavy atom. The molecule has 0 aromatic heterocycles. The van der Waals surface area contributed by atoms with Crippen molar-refractivity contribution < 1.29 is 28.6 Å². The van der Waals surface area contributed by atoms with Crippen LogP contribution in [-0.2, 0) is 9.53 Å². The zero-order valence-corrected chi connectivity index (χ0v) is 17.8. The summed E-state index contributed by atoms with van der Waals surface area (Å²) in [6.45, 7) is 0.968. The molecule has 1 heterocycles. The third-order valence-electron chi connectivity index (χ3n) is 5.32. The van der Waals surface area contributed by atoms with Crippen molar-refractivity contribution in [2.75, 3.05) is 39.7 Å². The second-order valence-electron chi connectivity index (χ2n) is 7.23. The maximum absolute atomic E-state index is 12.9. The van der Waals surface area contributed by atoms with Crippen LogP contribution in [0.25, 0.3) is 0 Å². The fraction of sp³-hybridized carbons (Fsp3) is 0.348. The number of carbonyl (C=O) groups is 3. The van der Waals surface area contributed by atoms with Gasteiger partial charge in [0.25, 0.3) is 5.91 Å². The average Bonchev–Trinajstić information content (AvgIpc) is 2.83. The molecular formula is C23H26N2O6. The number of hydrogen-bond donors (Lipinski definition) is 1. The van der Waals surface area contributed by atoms with Gasteiger partial charge in [-0.1, -0.05) is 0 Å². The molecule has 2 amide bonds. The van der Waals surface area contributed by atoms with E-state index in [-0.39, 0.29) is 17.7 Å². The molecule has 31 heavy (non-hydrogen) atoms. The van der Waals surface area contributed by atoms with Crippen molar-refractivity contribution in [2.45, 2.75) is 12.8 Å². The fourth-order valence-electron chi connectivity index (χ4n) is 3.51. The molecule has 8 heteroatoms. The minimum atomic E-state index is -0.427. The van der Waals surface area contributed by atoms with E-state index in [0.29, 0.717) is 54.2 Å². The molecule has 0 bridgehead atoms. The van der Waals surface area contributed by atoms with Gasteiger partial charge in [0, 0.05) is 36.3 Å². The number of piperidine rings is 1. The van der Waals surface area contributed by atoms with Gasteiger partial charge < -0.3 is 24.4 Å². The Kier molecular flexibility index (Phi) is 7.12. The number of rotatable bonds is 6. The van der Waals surface area contributed by atoms with Crippen molar-refractivity contribution in [3.63, 3.8) is 0 Å². The topological polar surface area (TPSA) is 94.2 Å². The highest BCUT2D eigenvalue weighted by molar-refractivity contribution is 5.96. The highest BCUT2D eigenvalue weighted by Crippen LogP contribution is 2.26. The molecule has 0 unspecified atom stereocenters. The summed E-state index contributed by atoms with van der Waals surface area (Å²) in [6.07, 6.45) is 1.14. The number of nitrogens with zero attached hydrogens (tertiary/aromatic N) is 1. The van der Waals surface area contributed by atoms with Gasteiger partial charge in [-0.2, -0.15) is 0 Å². The van der Waals surface area contributed by atoms with Gasteiger partial charge in [-0.15, -0.1) is 0 Å². The van der Waals surface area contributed by atoms with Crippen molar-refractivity contribution in [1.82, 2.24) is 4.90 Å². The normalized spacial score (nSPS) is 14.0. The van der Waals surface area contributed by atoms with Crippen LogP contribution in [0.2, 0.25) is 0 Å². The quantitative estimate of drug-likeness (QED) is 0.714. The minimum absolute atomic E-state index is 0.0963. The lowest BCUT2D eigenvalue weighted by atomic mass is 9.95. The Balaban J connectivity index is 1.57. The standard InChI is InChI=1S/C23H26N2O6/c1-29-19-12-17(13-20(14-19)30-2)22(27)25-10-8-15(9-11-25)21(26)24-18-6-4-16(5-7-18)23(28)31-3/h4-7,12-15H,8-11H2,1-3H3,(H,24,26). The first-order valence-electron chi connectivity index (χ1n) is 9.96. The van der Waals surface area contributed by atoms with E-state index in [1.807, 2.05) is 0 Å². The summed E-state index contributed by atoms with van der Waals surface area (Å²) in [5.74, 6) is 0.272. The molecule has 1 saturated heterocycles. The highest BCUT2D eigenvalue weighted by atomic mass is 16.5. The largest absolute Gasteiger partial charge is 0.497 e.